The second-order valence-electron chi connectivity index (χ2n) is 5.43. The number of benzene rings is 2. The van der Waals surface area contributed by atoms with Crippen LogP contribution in [0.15, 0.2) is 48.5 Å². The second kappa shape index (κ2) is 6.50. The third-order valence-electron chi connectivity index (χ3n) is 3.71. The summed E-state index contributed by atoms with van der Waals surface area (Å²) >= 11 is 0. The average Bonchev–Trinajstić information content (AvgIpc) is 2.59. The number of carbonyl (C=O) groups is 2. The zero-order chi connectivity index (χ0) is 17.1. The second-order valence-corrected chi connectivity index (χ2v) is 5.43. The van der Waals surface area contributed by atoms with Gasteiger partial charge < -0.3 is 9.84 Å². The van der Waals surface area contributed by atoms with E-state index >= 15 is 0 Å². The number of carboxylic acid groups (broad SMARTS) is 1. The summed E-state index contributed by atoms with van der Waals surface area (Å²) in [7, 11) is 0. The Kier molecular flexibility index (Phi) is 4.24. The number of rotatable bonds is 5. The monoisotopic (exact) mass is 321 g/mol. The lowest BCUT2D eigenvalue weighted by molar-refractivity contribution is 0.0693. The molecule has 0 radical (unpaired) electrons. The third kappa shape index (κ3) is 3.10. The smallest absolute Gasteiger partial charge is 0.337 e. The Morgan fingerprint density at radius 2 is 1.96 bits per heavy atom. The van der Waals surface area contributed by atoms with Gasteiger partial charge in [0.15, 0.2) is 6.29 Å². The van der Waals surface area contributed by atoms with Gasteiger partial charge in [-0.25, -0.2) is 9.78 Å². The van der Waals surface area contributed by atoms with Gasteiger partial charge in [0.1, 0.15) is 12.4 Å². The van der Waals surface area contributed by atoms with Crippen LogP contribution in [0.1, 0.15) is 32.0 Å². The van der Waals surface area contributed by atoms with E-state index in [1.807, 2.05) is 31.2 Å². The van der Waals surface area contributed by atoms with Crippen molar-refractivity contribution in [3.05, 3.63) is 70.9 Å². The van der Waals surface area contributed by atoms with Crippen LogP contribution in [0.3, 0.4) is 0 Å². The Morgan fingerprint density at radius 1 is 1.21 bits per heavy atom. The Labute approximate surface area is 138 Å². The minimum absolute atomic E-state index is 0.00776. The quantitative estimate of drug-likeness (QED) is 0.726. The summed E-state index contributed by atoms with van der Waals surface area (Å²) in [6.45, 7) is 1.98. The molecule has 2 aromatic carbocycles. The summed E-state index contributed by atoms with van der Waals surface area (Å²) in [5.74, 6) is -0.453. The van der Waals surface area contributed by atoms with Crippen molar-refractivity contribution in [2.24, 2.45) is 0 Å². The van der Waals surface area contributed by atoms with Gasteiger partial charge in [0.25, 0.3) is 0 Å². The van der Waals surface area contributed by atoms with Crippen LogP contribution >= 0.6 is 0 Å². The standard InChI is InChI=1S/C19H15NO4/c1-12-5-7-15(8-6-12)24-11-17-16(19(22)23)9-13-3-2-4-14(10-21)18(13)20-17/h2-10H,11H2,1H3,(H,22,23). The van der Waals surface area contributed by atoms with Crippen LogP contribution in [0, 0.1) is 6.92 Å². The van der Waals surface area contributed by atoms with Crippen molar-refractivity contribution in [1.29, 1.82) is 0 Å². The molecule has 24 heavy (non-hydrogen) atoms. The molecule has 1 heterocycles. The predicted molar refractivity (Wildman–Crippen MR) is 89.6 cm³/mol. The van der Waals surface area contributed by atoms with Gasteiger partial charge in [-0.3, -0.25) is 4.79 Å². The molecule has 0 aliphatic heterocycles. The van der Waals surface area contributed by atoms with Gasteiger partial charge in [0.05, 0.1) is 16.8 Å². The van der Waals surface area contributed by atoms with Crippen molar-refractivity contribution in [3.8, 4) is 5.75 Å². The van der Waals surface area contributed by atoms with Crippen LogP contribution < -0.4 is 4.74 Å². The highest BCUT2D eigenvalue weighted by Gasteiger charge is 2.15. The molecule has 3 rings (SSSR count). The lowest BCUT2D eigenvalue weighted by atomic mass is 10.1. The first kappa shape index (κ1) is 15.7. The summed E-state index contributed by atoms with van der Waals surface area (Å²) in [5, 5.41) is 10.0. The molecule has 0 atom stereocenters. The molecule has 0 bridgehead atoms. The maximum absolute atomic E-state index is 11.5. The summed E-state index contributed by atoms with van der Waals surface area (Å²) < 4.78 is 5.65. The minimum Gasteiger partial charge on any atom is -0.487 e. The number of fused-ring (bicyclic) bond motifs is 1. The highest BCUT2D eigenvalue weighted by atomic mass is 16.5. The van der Waals surface area contributed by atoms with E-state index in [0.717, 1.165) is 5.56 Å². The summed E-state index contributed by atoms with van der Waals surface area (Å²) in [4.78, 5) is 27.0. The van der Waals surface area contributed by atoms with E-state index in [2.05, 4.69) is 4.98 Å². The van der Waals surface area contributed by atoms with E-state index in [9.17, 15) is 14.7 Å². The maximum Gasteiger partial charge on any atom is 0.337 e. The van der Waals surface area contributed by atoms with Gasteiger partial charge in [-0.15, -0.1) is 0 Å². The van der Waals surface area contributed by atoms with E-state index in [1.54, 1.807) is 18.2 Å². The Morgan fingerprint density at radius 3 is 2.62 bits per heavy atom. The fourth-order valence-electron chi connectivity index (χ4n) is 2.44. The molecule has 120 valence electrons. The van der Waals surface area contributed by atoms with Crippen LogP contribution in [0.25, 0.3) is 10.9 Å². The van der Waals surface area contributed by atoms with E-state index in [-0.39, 0.29) is 17.9 Å². The molecule has 0 unspecified atom stereocenters. The Hall–Kier alpha value is -3.21. The fourth-order valence-corrected chi connectivity index (χ4v) is 2.44. The van der Waals surface area contributed by atoms with Gasteiger partial charge in [-0.2, -0.15) is 0 Å². The number of pyridine rings is 1. The van der Waals surface area contributed by atoms with Gasteiger partial charge in [0.2, 0.25) is 0 Å². The molecular weight excluding hydrogens is 306 g/mol. The molecule has 1 N–H and O–H groups in total. The number of ether oxygens (including phenoxy) is 1. The third-order valence-corrected chi connectivity index (χ3v) is 3.71. The largest absolute Gasteiger partial charge is 0.487 e. The number of aromatic carboxylic acids is 1. The number of carbonyl (C=O) groups excluding carboxylic acids is 1. The fraction of sp³-hybridized carbons (Fsp3) is 0.105. The van der Waals surface area contributed by atoms with Crippen molar-refractivity contribution >= 4 is 23.2 Å². The van der Waals surface area contributed by atoms with Crippen LogP contribution in [-0.4, -0.2) is 22.3 Å². The predicted octanol–water partition coefficient (Wildman–Crippen LogP) is 3.63. The Balaban J connectivity index is 2.00. The number of carboxylic acids is 1. The molecule has 0 saturated carbocycles. The number of hydrogen-bond acceptors (Lipinski definition) is 4. The number of aryl methyl sites for hydroxylation is 1. The van der Waals surface area contributed by atoms with Gasteiger partial charge in [-0.05, 0) is 31.2 Å². The molecule has 0 spiro atoms. The van der Waals surface area contributed by atoms with Crippen molar-refractivity contribution < 1.29 is 19.4 Å². The lowest BCUT2D eigenvalue weighted by Gasteiger charge is -2.10. The maximum atomic E-state index is 11.5. The van der Waals surface area contributed by atoms with Gasteiger partial charge in [-0.1, -0.05) is 29.8 Å². The lowest BCUT2D eigenvalue weighted by Crippen LogP contribution is -2.09. The molecule has 0 saturated heterocycles. The van der Waals surface area contributed by atoms with Crippen molar-refractivity contribution in [2.75, 3.05) is 0 Å². The number of aromatic nitrogens is 1. The number of nitrogens with zero attached hydrogens (tertiary/aromatic N) is 1. The minimum atomic E-state index is -1.08. The highest BCUT2D eigenvalue weighted by molar-refractivity contribution is 5.99. The van der Waals surface area contributed by atoms with Crippen LogP contribution in [-0.2, 0) is 6.61 Å². The van der Waals surface area contributed by atoms with Gasteiger partial charge >= 0.3 is 5.97 Å². The average molecular weight is 321 g/mol. The van der Waals surface area contributed by atoms with Gasteiger partial charge in [0, 0.05) is 10.9 Å². The summed E-state index contributed by atoms with van der Waals surface area (Å²) in [6.07, 6.45) is 0.709. The molecular formula is C19H15NO4. The van der Waals surface area contributed by atoms with Crippen molar-refractivity contribution in [2.45, 2.75) is 13.5 Å². The number of hydrogen-bond donors (Lipinski definition) is 1. The van der Waals surface area contributed by atoms with Crippen LogP contribution in [0.4, 0.5) is 0 Å². The SMILES string of the molecule is Cc1ccc(OCc2nc3c(C=O)cccc3cc2C(=O)O)cc1. The number of aldehydes is 1. The molecule has 1 aromatic heterocycles. The van der Waals surface area contributed by atoms with E-state index in [1.165, 1.54) is 6.07 Å². The molecule has 3 aromatic rings. The molecule has 0 aliphatic carbocycles. The topological polar surface area (TPSA) is 76.5 Å². The first-order chi connectivity index (χ1) is 11.6. The molecule has 5 nitrogen and oxygen atoms in total. The first-order valence-electron chi connectivity index (χ1n) is 7.39. The molecule has 0 fully saturated rings. The van der Waals surface area contributed by atoms with Crippen LogP contribution in [0.2, 0.25) is 0 Å². The normalized spacial score (nSPS) is 10.5. The van der Waals surface area contributed by atoms with E-state index in [4.69, 9.17) is 4.74 Å². The van der Waals surface area contributed by atoms with E-state index in [0.29, 0.717) is 28.5 Å². The Bertz CT molecular complexity index is 917. The zero-order valence-electron chi connectivity index (χ0n) is 13.0. The van der Waals surface area contributed by atoms with E-state index < -0.39 is 5.97 Å². The van der Waals surface area contributed by atoms with Crippen molar-refractivity contribution in [1.82, 2.24) is 4.98 Å². The molecule has 0 aliphatic rings. The molecule has 0 amide bonds. The van der Waals surface area contributed by atoms with Crippen LogP contribution in [0.5, 0.6) is 5.75 Å². The molecule has 5 heteroatoms. The summed E-state index contributed by atoms with van der Waals surface area (Å²) in [6, 6.07) is 14.0. The first-order valence-corrected chi connectivity index (χ1v) is 7.39. The van der Waals surface area contributed by atoms with Crippen molar-refractivity contribution in [3.63, 3.8) is 0 Å². The number of para-hydroxylation sites is 1. The zero-order valence-corrected chi connectivity index (χ0v) is 13.0. The highest BCUT2D eigenvalue weighted by Crippen LogP contribution is 2.21. The summed E-state index contributed by atoms with van der Waals surface area (Å²) in [5.41, 5.74) is 2.34.